The van der Waals surface area contributed by atoms with Crippen molar-refractivity contribution >= 4 is 17.1 Å². The molecule has 3 heterocycles. The monoisotopic (exact) mass is 364 g/mol. The number of hydrogen-bond acceptors (Lipinski definition) is 4. The van der Waals surface area contributed by atoms with Gasteiger partial charge >= 0.3 is 0 Å². The molecule has 1 aliphatic heterocycles. The van der Waals surface area contributed by atoms with Gasteiger partial charge in [-0.1, -0.05) is 12.1 Å². The van der Waals surface area contributed by atoms with E-state index >= 15 is 0 Å². The van der Waals surface area contributed by atoms with E-state index in [0.717, 1.165) is 36.5 Å². The van der Waals surface area contributed by atoms with E-state index in [1.54, 1.807) is 6.20 Å². The fourth-order valence-electron chi connectivity index (χ4n) is 3.85. The predicted octanol–water partition coefficient (Wildman–Crippen LogP) is 3.48. The predicted molar refractivity (Wildman–Crippen MR) is 104 cm³/mol. The first-order valence-electron chi connectivity index (χ1n) is 9.55. The third-order valence-electron chi connectivity index (χ3n) is 5.11. The second-order valence-corrected chi connectivity index (χ2v) is 6.73. The molecular weight excluding hydrogens is 340 g/mol. The molecule has 1 aliphatic rings. The fraction of sp³-hybridized carbons (Fsp3) is 0.381. The molecule has 27 heavy (non-hydrogen) atoms. The summed E-state index contributed by atoms with van der Waals surface area (Å²) >= 11 is 0. The van der Waals surface area contributed by atoms with Gasteiger partial charge in [-0.25, -0.2) is 9.97 Å². The number of hydrogen-bond donors (Lipinski definition) is 0. The molecule has 0 spiro atoms. The molecule has 0 saturated carbocycles. The highest BCUT2D eigenvalue weighted by Crippen LogP contribution is 2.31. The lowest BCUT2D eigenvalue weighted by atomic mass is 10.1. The Morgan fingerprint density at radius 1 is 1.22 bits per heavy atom. The lowest BCUT2D eigenvalue weighted by Crippen LogP contribution is -2.29. The topological polar surface area (TPSA) is 60.2 Å². The van der Waals surface area contributed by atoms with Crippen molar-refractivity contribution < 1.29 is 9.53 Å². The molecule has 140 valence electrons. The summed E-state index contributed by atoms with van der Waals surface area (Å²) in [4.78, 5) is 24.3. The average molecular weight is 364 g/mol. The molecule has 2 aromatic heterocycles. The van der Waals surface area contributed by atoms with Crippen molar-refractivity contribution in [3.05, 3.63) is 54.0 Å². The molecule has 1 fully saturated rings. The summed E-state index contributed by atoms with van der Waals surface area (Å²) in [5.41, 5.74) is 2.47. The Balaban J connectivity index is 1.58. The second-order valence-electron chi connectivity index (χ2n) is 6.73. The maximum Gasteiger partial charge on any atom is 0.257 e. The number of amides is 1. The van der Waals surface area contributed by atoms with Gasteiger partial charge in [-0.15, -0.1) is 0 Å². The highest BCUT2D eigenvalue weighted by Gasteiger charge is 2.32. The Morgan fingerprint density at radius 3 is 2.89 bits per heavy atom. The van der Waals surface area contributed by atoms with Crippen LogP contribution >= 0.6 is 0 Å². The molecule has 0 N–H and O–H groups in total. The van der Waals surface area contributed by atoms with Crippen LogP contribution in [-0.4, -0.2) is 45.0 Å². The number of benzene rings is 1. The minimum absolute atomic E-state index is 0.0267. The number of carbonyl (C=O) groups is 1. The average Bonchev–Trinajstić information content (AvgIpc) is 3.32. The number of rotatable bonds is 5. The summed E-state index contributed by atoms with van der Waals surface area (Å²) in [5, 5.41) is 0. The van der Waals surface area contributed by atoms with E-state index in [1.807, 2.05) is 48.2 Å². The molecule has 0 unspecified atom stereocenters. The van der Waals surface area contributed by atoms with Gasteiger partial charge in [-0.05, 0) is 44.5 Å². The molecule has 1 saturated heterocycles. The van der Waals surface area contributed by atoms with Gasteiger partial charge in [-0.3, -0.25) is 4.79 Å². The Bertz CT molecular complexity index is 966. The molecule has 1 atom stereocenters. The van der Waals surface area contributed by atoms with E-state index < -0.39 is 0 Å². The van der Waals surface area contributed by atoms with Gasteiger partial charge in [0, 0.05) is 31.7 Å². The van der Waals surface area contributed by atoms with E-state index in [4.69, 9.17) is 9.72 Å². The Hall–Kier alpha value is -2.89. The number of para-hydroxylation sites is 1. The largest absolute Gasteiger partial charge is 0.493 e. The first kappa shape index (κ1) is 17.5. The molecule has 1 amide bonds. The van der Waals surface area contributed by atoms with Crippen molar-refractivity contribution in [1.29, 1.82) is 0 Å². The van der Waals surface area contributed by atoms with Crippen LogP contribution in [0.15, 0.2) is 42.6 Å². The van der Waals surface area contributed by atoms with Gasteiger partial charge in [0.25, 0.3) is 5.91 Å². The van der Waals surface area contributed by atoms with Crippen LogP contribution in [-0.2, 0) is 6.54 Å². The van der Waals surface area contributed by atoms with Crippen molar-refractivity contribution in [1.82, 2.24) is 19.4 Å². The molecular formula is C21H24N4O2. The highest BCUT2D eigenvalue weighted by atomic mass is 16.5. The summed E-state index contributed by atoms with van der Waals surface area (Å²) < 4.78 is 7.80. The van der Waals surface area contributed by atoms with E-state index in [9.17, 15) is 4.79 Å². The smallest absolute Gasteiger partial charge is 0.257 e. The van der Waals surface area contributed by atoms with Crippen LogP contribution in [0.25, 0.3) is 11.2 Å². The summed E-state index contributed by atoms with van der Waals surface area (Å²) in [7, 11) is 0. The molecule has 0 radical (unpaired) electrons. The fourth-order valence-corrected chi connectivity index (χ4v) is 3.85. The summed E-state index contributed by atoms with van der Waals surface area (Å²) in [6, 6.07) is 11.4. The van der Waals surface area contributed by atoms with Crippen molar-refractivity contribution in [3.8, 4) is 5.75 Å². The van der Waals surface area contributed by atoms with E-state index in [2.05, 4.69) is 16.5 Å². The zero-order chi connectivity index (χ0) is 18.8. The minimum Gasteiger partial charge on any atom is -0.493 e. The molecule has 6 heteroatoms. The number of carbonyl (C=O) groups excluding carboxylic acids is 1. The molecule has 4 rings (SSSR count). The van der Waals surface area contributed by atoms with E-state index in [0.29, 0.717) is 24.5 Å². The summed E-state index contributed by atoms with van der Waals surface area (Å²) in [5.74, 6) is 1.93. The van der Waals surface area contributed by atoms with Gasteiger partial charge in [0.2, 0.25) is 0 Å². The number of aryl methyl sites for hydroxylation is 1. The van der Waals surface area contributed by atoms with Crippen LogP contribution < -0.4 is 4.74 Å². The van der Waals surface area contributed by atoms with Gasteiger partial charge in [0.1, 0.15) is 17.1 Å². The van der Waals surface area contributed by atoms with Crippen molar-refractivity contribution in [2.75, 3.05) is 19.7 Å². The number of aromatic nitrogens is 3. The second kappa shape index (κ2) is 7.39. The zero-order valence-corrected chi connectivity index (χ0v) is 15.8. The number of fused-ring (bicyclic) bond motifs is 1. The summed E-state index contributed by atoms with van der Waals surface area (Å²) in [6.07, 6.45) is 2.71. The highest BCUT2D eigenvalue weighted by molar-refractivity contribution is 5.97. The van der Waals surface area contributed by atoms with Crippen molar-refractivity contribution in [3.63, 3.8) is 0 Å². The third-order valence-corrected chi connectivity index (χ3v) is 5.11. The molecule has 6 nitrogen and oxygen atoms in total. The molecule has 3 aromatic rings. The van der Waals surface area contributed by atoms with Crippen molar-refractivity contribution in [2.45, 2.75) is 32.7 Å². The number of pyridine rings is 1. The number of ether oxygens (including phenoxy) is 1. The Labute approximate surface area is 158 Å². The lowest BCUT2D eigenvalue weighted by molar-refractivity contribution is 0.0786. The van der Waals surface area contributed by atoms with Crippen LogP contribution in [0, 0.1) is 0 Å². The van der Waals surface area contributed by atoms with Crippen LogP contribution in [0.3, 0.4) is 0 Å². The van der Waals surface area contributed by atoms with E-state index in [1.165, 1.54) is 0 Å². The number of likely N-dealkylation sites (tertiary alicyclic amines) is 1. The van der Waals surface area contributed by atoms with Crippen LogP contribution in [0.4, 0.5) is 0 Å². The first-order valence-corrected chi connectivity index (χ1v) is 9.55. The maximum atomic E-state index is 13.1. The van der Waals surface area contributed by atoms with Gasteiger partial charge in [0.05, 0.1) is 12.2 Å². The van der Waals surface area contributed by atoms with Gasteiger partial charge < -0.3 is 14.2 Å². The maximum absolute atomic E-state index is 13.1. The van der Waals surface area contributed by atoms with Crippen LogP contribution in [0.1, 0.15) is 42.4 Å². The van der Waals surface area contributed by atoms with Crippen LogP contribution in [0.2, 0.25) is 0 Å². The van der Waals surface area contributed by atoms with Crippen molar-refractivity contribution in [2.24, 2.45) is 0 Å². The standard InChI is InChI=1S/C21H24N4O2/c1-3-25-19(23-17-9-7-12-22-20(17)25)15-11-13-24(14-15)21(26)16-8-5-6-10-18(16)27-4-2/h5-10,12,15H,3-4,11,13-14H2,1-2H3/t15-/m1/s1. The quantitative estimate of drug-likeness (QED) is 0.695. The lowest BCUT2D eigenvalue weighted by Gasteiger charge is -2.18. The Morgan fingerprint density at radius 2 is 2.07 bits per heavy atom. The van der Waals surface area contributed by atoms with Gasteiger partial charge in [-0.2, -0.15) is 0 Å². The number of imidazole rings is 1. The van der Waals surface area contributed by atoms with Crippen LogP contribution in [0.5, 0.6) is 5.75 Å². The zero-order valence-electron chi connectivity index (χ0n) is 15.8. The molecule has 0 aliphatic carbocycles. The summed E-state index contributed by atoms with van der Waals surface area (Å²) in [6.45, 7) is 6.79. The SMILES string of the molecule is CCOc1ccccc1C(=O)N1CC[C@@H](c2nc3cccnc3n2CC)C1. The van der Waals surface area contributed by atoms with E-state index in [-0.39, 0.29) is 11.8 Å². The normalized spacial score (nSPS) is 16.8. The third kappa shape index (κ3) is 3.16. The minimum atomic E-state index is 0.0267. The molecule has 1 aromatic carbocycles. The Kier molecular flexibility index (Phi) is 4.79. The number of nitrogens with zero attached hydrogens (tertiary/aromatic N) is 4. The first-order chi connectivity index (χ1) is 13.2. The molecule has 0 bridgehead atoms. The van der Waals surface area contributed by atoms with Gasteiger partial charge in [0.15, 0.2) is 5.65 Å².